The van der Waals surface area contributed by atoms with Gasteiger partial charge in [-0.1, -0.05) is 18.2 Å². The number of carbonyl (C=O) groups is 1. The summed E-state index contributed by atoms with van der Waals surface area (Å²) in [5, 5.41) is 15.9. The zero-order chi connectivity index (χ0) is 14.6. The number of benzene rings is 1. The van der Waals surface area contributed by atoms with Crippen LogP contribution in [0.5, 0.6) is 0 Å². The molecular formula is C15H22N2O3. The Labute approximate surface area is 119 Å². The van der Waals surface area contributed by atoms with Crippen molar-refractivity contribution in [1.29, 1.82) is 0 Å². The fraction of sp³-hybridized carbons (Fsp3) is 0.533. The molecule has 0 aromatic heterocycles. The summed E-state index contributed by atoms with van der Waals surface area (Å²) < 4.78 is 5.21. The zero-order valence-electron chi connectivity index (χ0n) is 12.0. The normalized spacial score (nSPS) is 17.6. The van der Waals surface area contributed by atoms with Gasteiger partial charge in [-0.05, 0) is 25.0 Å². The molecule has 0 radical (unpaired) electrons. The Kier molecular flexibility index (Phi) is 4.62. The van der Waals surface area contributed by atoms with Crippen LogP contribution in [0.15, 0.2) is 18.2 Å². The Hall–Kier alpha value is -1.59. The molecule has 1 aromatic carbocycles. The molecule has 1 aromatic rings. The number of ether oxygens (including phenoxy) is 1. The highest BCUT2D eigenvalue weighted by molar-refractivity contribution is 5.91. The van der Waals surface area contributed by atoms with Crippen molar-refractivity contribution < 1.29 is 14.6 Å². The van der Waals surface area contributed by atoms with Crippen LogP contribution in [0.1, 0.15) is 24.0 Å². The lowest BCUT2D eigenvalue weighted by Gasteiger charge is -2.32. The van der Waals surface area contributed by atoms with E-state index in [1.54, 1.807) is 0 Å². The smallest absolute Gasteiger partial charge is 0.319 e. The molecule has 2 amide bonds. The lowest BCUT2D eigenvalue weighted by Crippen LogP contribution is -2.47. The topological polar surface area (TPSA) is 70.6 Å². The molecule has 0 saturated carbocycles. The van der Waals surface area contributed by atoms with Gasteiger partial charge < -0.3 is 20.5 Å². The van der Waals surface area contributed by atoms with Crippen LogP contribution < -0.4 is 10.6 Å². The molecule has 0 atom stereocenters. The third-order valence-corrected chi connectivity index (χ3v) is 3.72. The van der Waals surface area contributed by atoms with E-state index in [2.05, 4.69) is 10.6 Å². The van der Waals surface area contributed by atoms with Crippen molar-refractivity contribution in [2.45, 2.75) is 32.3 Å². The number of hydrogen-bond acceptors (Lipinski definition) is 3. The number of carbonyl (C=O) groups excluding carboxylic acids is 1. The molecule has 1 fully saturated rings. The number of rotatable bonds is 3. The molecule has 0 unspecified atom stereocenters. The van der Waals surface area contributed by atoms with Gasteiger partial charge in [0.2, 0.25) is 0 Å². The van der Waals surface area contributed by atoms with Gasteiger partial charge in [0, 0.05) is 38.3 Å². The summed E-state index contributed by atoms with van der Waals surface area (Å²) in [7, 11) is 0. The predicted octanol–water partition coefficient (Wildman–Crippen LogP) is 1.97. The van der Waals surface area contributed by atoms with Crippen LogP contribution in [0.25, 0.3) is 0 Å². The highest BCUT2D eigenvalue weighted by Gasteiger charge is 2.30. The average molecular weight is 278 g/mol. The van der Waals surface area contributed by atoms with Crippen LogP contribution in [0.4, 0.5) is 10.5 Å². The first kappa shape index (κ1) is 14.8. The number of nitrogens with one attached hydrogen (secondary N) is 2. The number of anilines is 1. The fourth-order valence-electron chi connectivity index (χ4n) is 2.34. The van der Waals surface area contributed by atoms with Gasteiger partial charge in [0.05, 0.1) is 5.60 Å². The van der Waals surface area contributed by atoms with Crippen molar-refractivity contribution in [3.05, 3.63) is 29.3 Å². The molecular weight excluding hydrogens is 256 g/mol. The molecule has 3 N–H and O–H groups in total. The number of hydrogen-bond donors (Lipinski definition) is 3. The largest absolute Gasteiger partial charge is 0.388 e. The van der Waals surface area contributed by atoms with Crippen molar-refractivity contribution in [3.8, 4) is 0 Å². The van der Waals surface area contributed by atoms with Gasteiger partial charge in [0.15, 0.2) is 0 Å². The van der Waals surface area contributed by atoms with Gasteiger partial charge in [-0.3, -0.25) is 0 Å². The Morgan fingerprint density at radius 2 is 1.90 bits per heavy atom. The molecule has 0 bridgehead atoms. The highest BCUT2D eigenvalue weighted by atomic mass is 16.5. The average Bonchev–Trinajstić information content (AvgIpc) is 2.42. The first-order chi connectivity index (χ1) is 9.50. The van der Waals surface area contributed by atoms with Gasteiger partial charge in [0.1, 0.15) is 0 Å². The molecule has 1 aliphatic rings. The molecule has 1 aliphatic heterocycles. The molecule has 5 heteroatoms. The number of amides is 2. The van der Waals surface area contributed by atoms with Gasteiger partial charge in [-0.25, -0.2) is 4.79 Å². The summed E-state index contributed by atoms with van der Waals surface area (Å²) in [6.07, 6.45) is 1.10. The monoisotopic (exact) mass is 278 g/mol. The maximum atomic E-state index is 11.9. The minimum absolute atomic E-state index is 0.243. The summed E-state index contributed by atoms with van der Waals surface area (Å²) >= 11 is 0. The van der Waals surface area contributed by atoms with E-state index in [4.69, 9.17) is 4.74 Å². The minimum Gasteiger partial charge on any atom is -0.388 e. The van der Waals surface area contributed by atoms with Crippen LogP contribution in [0.3, 0.4) is 0 Å². The van der Waals surface area contributed by atoms with E-state index in [9.17, 15) is 9.90 Å². The molecule has 5 nitrogen and oxygen atoms in total. The maximum absolute atomic E-state index is 11.9. The second-order valence-corrected chi connectivity index (χ2v) is 5.41. The lowest BCUT2D eigenvalue weighted by atomic mass is 9.94. The summed E-state index contributed by atoms with van der Waals surface area (Å²) in [6, 6.07) is 5.57. The first-order valence-electron chi connectivity index (χ1n) is 6.91. The van der Waals surface area contributed by atoms with E-state index in [0.717, 1.165) is 16.8 Å². The van der Waals surface area contributed by atoms with Crippen LogP contribution in [-0.2, 0) is 4.74 Å². The minimum atomic E-state index is -0.851. The molecule has 20 heavy (non-hydrogen) atoms. The van der Waals surface area contributed by atoms with Crippen molar-refractivity contribution in [3.63, 3.8) is 0 Å². The second kappa shape index (κ2) is 6.24. The number of aryl methyl sites for hydroxylation is 2. The predicted molar refractivity (Wildman–Crippen MR) is 77.9 cm³/mol. The standard InChI is InChI=1S/C15H22N2O3/c1-11-4-3-5-12(2)13(11)17-14(18)16-10-15(19)6-8-20-9-7-15/h3-5,19H,6-10H2,1-2H3,(H2,16,17,18). The zero-order valence-corrected chi connectivity index (χ0v) is 12.0. The molecule has 0 aliphatic carbocycles. The Bertz CT molecular complexity index is 462. The van der Waals surface area contributed by atoms with Crippen LogP contribution in [0, 0.1) is 13.8 Å². The van der Waals surface area contributed by atoms with Gasteiger partial charge in [0.25, 0.3) is 0 Å². The van der Waals surface area contributed by atoms with Crippen molar-refractivity contribution in [2.24, 2.45) is 0 Å². The summed E-state index contributed by atoms with van der Waals surface area (Å²) in [4.78, 5) is 11.9. The highest BCUT2D eigenvalue weighted by Crippen LogP contribution is 2.21. The molecule has 2 rings (SSSR count). The molecule has 110 valence electrons. The first-order valence-corrected chi connectivity index (χ1v) is 6.91. The Morgan fingerprint density at radius 3 is 2.50 bits per heavy atom. The van der Waals surface area contributed by atoms with E-state index < -0.39 is 5.60 Å². The SMILES string of the molecule is Cc1cccc(C)c1NC(=O)NCC1(O)CCOCC1. The third-order valence-electron chi connectivity index (χ3n) is 3.72. The van der Waals surface area contributed by atoms with Crippen LogP contribution >= 0.6 is 0 Å². The van der Waals surface area contributed by atoms with E-state index in [1.807, 2.05) is 32.0 Å². The van der Waals surface area contributed by atoms with E-state index in [-0.39, 0.29) is 12.6 Å². The molecule has 0 spiro atoms. The third kappa shape index (κ3) is 3.71. The van der Waals surface area contributed by atoms with Gasteiger partial charge in [-0.2, -0.15) is 0 Å². The maximum Gasteiger partial charge on any atom is 0.319 e. The van der Waals surface area contributed by atoms with Gasteiger partial charge in [-0.15, -0.1) is 0 Å². The van der Waals surface area contributed by atoms with Crippen molar-refractivity contribution in [1.82, 2.24) is 5.32 Å². The van der Waals surface area contributed by atoms with Crippen molar-refractivity contribution in [2.75, 3.05) is 25.1 Å². The summed E-state index contributed by atoms with van der Waals surface area (Å²) in [5.41, 5.74) is 2.01. The Morgan fingerprint density at radius 1 is 1.30 bits per heavy atom. The fourth-order valence-corrected chi connectivity index (χ4v) is 2.34. The van der Waals surface area contributed by atoms with E-state index in [1.165, 1.54) is 0 Å². The number of aliphatic hydroxyl groups is 1. The quantitative estimate of drug-likeness (QED) is 0.791. The Balaban J connectivity index is 1.89. The molecule has 1 saturated heterocycles. The second-order valence-electron chi connectivity index (χ2n) is 5.41. The number of para-hydroxylation sites is 1. The summed E-state index contributed by atoms with van der Waals surface area (Å²) in [5.74, 6) is 0. The number of urea groups is 1. The lowest BCUT2D eigenvalue weighted by molar-refractivity contribution is -0.0598. The van der Waals surface area contributed by atoms with Gasteiger partial charge >= 0.3 is 6.03 Å². The summed E-state index contributed by atoms with van der Waals surface area (Å²) in [6.45, 7) is 5.23. The van der Waals surface area contributed by atoms with E-state index in [0.29, 0.717) is 26.1 Å². The van der Waals surface area contributed by atoms with Crippen LogP contribution in [-0.4, -0.2) is 36.5 Å². The molecule has 1 heterocycles. The van der Waals surface area contributed by atoms with E-state index >= 15 is 0 Å². The van der Waals surface area contributed by atoms with Crippen LogP contribution in [0.2, 0.25) is 0 Å². The van der Waals surface area contributed by atoms with Crippen molar-refractivity contribution >= 4 is 11.7 Å².